The molecule has 0 saturated heterocycles. The number of benzene rings is 8. The highest BCUT2D eigenvalue weighted by atomic mass is 14.9. The first-order chi connectivity index (χ1) is 24.8. The Morgan fingerprint density at radius 3 is 1.16 bits per heavy atom. The van der Waals surface area contributed by atoms with Gasteiger partial charge in [-0.15, -0.1) is 0 Å². The highest BCUT2D eigenvalue weighted by molar-refractivity contribution is 6.21. The van der Waals surface area contributed by atoms with Crippen LogP contribution in [0.25, 0.3) is 88.8 Å². The minimum atomic E-state index is 0.718. The number of aromatic nitrogens is 2. The summed E-state index contributed by atoms with van der Waals surface area (Å²) in [5.74, 6) is 0.718. The minimum absolute atomic E-state index is 0.718. The SMILES string of the molecule is c1ccc(-c2cc(-c3ccc(-c4ccc5c(-c6ccccc6)c6ccccc6c(-c6ccccc6)c5c4)cc3)nc(-c3ccccc3)n2)cc1. The second-order valence-corrected chi connectivity index (χ2v) is 12.6. The van der Waals surface area contributed by atoms with Gasteiger partial charge in [0.2, 0.25) is 0 Å². The molecule has 8 aromatic carbocycles. The summed E-state index contributed by atoms with van der Waals surface area (Å²) in [5.41, 5.74) is 12.2. The predicted molar refractivity (Wildman–Crippen MR) is 210 cm³/mol. The molecule has 0 radical (unpaired) electrons. The fourth-order valence-electron chi connectivity index (χ4n) is 7.09. The van der Waals surface area contributed by atoms with Crippen LogP contribution in [0.5, 0.6) is 0 Å². The summed E-state index contributed by atoms with van der Waals surface area (Å²) in [5, 5.41) is 5.00. The Hall–Kier alpha value is -6.64. The summed E-state index contributed by atoms with van der Waals surface area (Å²) in [6, 6.07) is 68.7. The Labute approximate surface area is 292 Å². The number of rotatable bonds is 6. The monoisotopic (exact) mass is 636 g/mol. The smallest absolute Gasteiger partial charge is 0.160 e. The van der Waals surface area contributed by atoms with Gasteiger partial charge in [-0.1, -0.05) is 182 Å². The number of nitrogens with zero attached hydrogens (tertiary/aromatic N) is 2. The molecule has 234 valence electrons. The van der Waals surface area contributed by atoms with Gasteiger partial charge in [0.25, 0.3) is 0 Å². The molecule has 0 spiro atoms. The number of hydrogen-bond donors (Lipinski definition) is 0. The van der Waals surface area contributed by atoms with E-state index in [2.05, 4.69) is 158 Å². The maximum absolute atomic E-state index is 5.04. The van der Waals surface area contributed by atoms with Crippen molar-refractivity contribution in [1.82, 2.24) is 9.97 Å². The van der Waals surface area contributed by atoms with Crippen molar-refractivity contribution in [3.8, 4) is 67.3 Å². The van der Waals surface area contributed by atoms with Crippen LogP contribution < -0.4 is 0 Å². The van der Waals surface area contributed by atoms with Gasteiger partial charge >= 0.3 is 0 Å². The van der Waals surface area contributed by atoms with E-state index < -0.39 is 0 Å². The molecule has 50 heavy (non-hydrogen) atoms. The lowest BCUT2D eigenvalue weighted by atomic mass is 9.85. The van der Waals surface area contributed by atoms with Crippen molar-refractivity contribution in [2.75, 3.05) is 0 Å². The van der Waals surface area contributed by atoms with Crippen molar-refractivity contribution in [2.45, 2.75) is 0 Å². The second-order valence-electron chi connectivity index (χ2n) is 12.6. The van der Waals surface area contributed by atoms with Gasteiger partial charge < -0.3 is 0 Å². The zero-order valence-electron chi connectivity index (χ0n) is 27.4. The molecule has 0 N–H and O–H groups in total. The normalized spacial score (nSPS) is 11.2. The van der Waals surface area contributed by atoms with Crippen molar-refractivity contribution in [3.63, 3.8) is 0 Å². The first kappa shape index (κ1) is 29.5. The first-order valence-corrected chi connectivity index (χ1v) is 17.0. The molecule has 9 rings (SSSR count). The topological polar surface area (TPSA) is 25.8 Å². The van der Waals surface area contributed by atoms with Crippen molar-refractivity contribution < 1.29 is 0 Å². The van der Waals surface area contributed by atoms with E-state index in [4.69, 9.17) is 9.97 Å². The summed E-state index contributed by atoms with van der Waals surface area (Å²) < 4.78 is 0. The van der Waals surface area contributed by atoms with E-state index in [1.807, 2.05) is 36.4 Å². The first-order valence-electron chi connectivity index (χ1n) is 17.0. The van der Waals surface area contributed by atoms with Crippen LogP contribution in [-0.4, -0.2) is 9.97 Å². The zero-order chi connectivity index (χ0) is 33.3. The second kappa shape index (κ2) is 12.8. The number of hydrogen-bond acceptors (Lipinski definition) is 2. The molecular weight excluding hydrogens is 605 g/mol. The lowest BCUT2D eigenvalue weighted by Crippen LogP contribution is -1.95. The lowest BCUT2D eigenvalue weighted by Gasteiger charge is -2.18. The van der Waals surface area contributed by atoms with E-state index in [9.17, 15) is 0 Å². The molecule has 1 heterocycles. The average Bonchev–Trinajstić information content (AvgIpc) is 3.21. The Kier molecular flexibility index (Phi) is 7.53. The van der Waals surface area contributed by atoms with Crippen LogP contribution in [0.1, 0.15) is 0 Å². The van der Waals surface area contributed by atoms with Crippen LogP contribution >= 0.6 is 0 Å². The van der Waals surface area contributed by atoms with Crippen molar-refractivity contribution in [2.24, 2.45) is 0 Å². The van der Waals surface area contributed by atoms with Gasteiger partial charge in [-0.3, -0.25) is 0 Å². The van der Waals surface area contributed by atoms with Crippen LogP contribution in [0, 0.1) is 0 Å². The van der Waals surface area contributed by atoms with Gasteiger partial charge in [-0.2, -0.15) is 0 Å². The van der Waals surface area contributed by atoms with Crippen molar-refractivity contribution in [3.05, 3.63) is 194 Å². The zero-order valence-corrected chi connectivity index (χ0v) is 27.4. The average molecular weight is 637 g/mol. The van der Waals surface area contributed by atoms with E-state index in [0.29, 0.717) is 0 Å². The third-order valence-corrected chi connectivity index (χ3v) is 9.49. The maximum Gasteiger partial charge on any atom is 0.160 e. The molecule has 9 aromatic rings. The fourth-order valence-corrected chi connectivity index (χ4v) is 7.09. The van der Waals surface area contributed by atoms with E-state index >= 15 is 0 Å². The Balaban J connectivity index is 1.19. The molecule has 1 aromatic heterocycles. The lowest BCUT2D eigenvalue weighted by molar-refractivity contribution is 1.18. The van der Waals surface area contributed by atoms with Gasteiger partial charge in [0.05, 0.1) is 11.4 Å². The third-order valence-electron chi connectivity index (χ3n) is 9.49. The van der Waals surface area contributed by atoms with Crippen LogP contribution in [0.2, 0.25) is 0 Å². The molecule has 0 aliphatic heterocycles. The van der Waals surface area contributed by atoms with Gasteiger partial charge in [0, 0.05) is 16.7 Å². The molecule has 2 heteroatoms. The highest BCUT2D eigenvalue weighted by Crippen LogP contribution is 2.44. The van der Waals surface area contributed by atoms with Crippen LogP contribution in [0.15, 0.2) is 194 Å². The van der Waals surface area contributed by atoms with E-state index in [-0.39, 0.29) is 0 Å². The Morgan fingerprint density at radius 2 is 0.620 bits per heavy atom. The molecule has 0 aliphatic carbocycles. The summed E-state index contributed by atoms with van der Waals surface area (Å²) in [7, 11) is 0. The molecule has 0 aliphatic rings. The van der Waals surface area contributed by atoms with E-state index in [1.54, 1.807) is 0 Å². The maximum atomic E-state index is 5.04. The Bertz CT molecular complexity index is 2540. The molecule has 0 unspecified atom stereocenters. The summed E-state index contributed by atoms with van der Waals surface area (Å²) in [4.78, 5) is 10.0. The van der Waals surface area contributed by atoms with Crippen LogP contribution in [0.4, 0.5) is 0 Å². The molecule has 0 fully saturated rings. The van der Waals surface area contributed by atoms with E-state index in [0.717, 1.165) is 39.5 Å². The molecule has 0 saturated carbocycles. The predicted octanol–water partition coefficient (Wildman–Crippen LogP) is 12.8. The van der Waals surface area contributed by atoms with E-state index in [1.165, 1.54) is 49.4 Å². The van der Waals surface area contributed by atoms with Gasteiger partial charge in [-0.25, -0.2) is 9.97 Å². The number of fused-ring (bicyclic) bond motifs is 2. The molecule has 0 amide bonds. The largest absolute Gasteiger partial charge is 0.228 e. The highest BCUT2D eigenvalue weighted by Gasteiger charge is 2.17. The quantitative estimate of drug-likeness (QED) is 0.170. The van der Waals surface area contributed by atoms with Crippen LogP contribution in [-0.2, 0) is 0 Å². The van der Waals surface area contributed by atoms with Crippen molar-refractivity contribution >= 4 is 21.5 Å². The standard InChI is InChI=1S/C48H32N2/c1-5-15-34(16-6-1)44-32-45(50-48(49-44)38-21-11-4-12-22-38)35-27-25-33(26-28-35)39-29-30-42-43(31-39)47(37-19-9-3-10-20-37)41-24-14-13-23-40(41)46(42)36-17-7-2-8-18-36/h1-32H. The van der Waals surface area contributed by atoms with Crippen LogP contribution in [0.3, 0.4) is 0 Å². The fraction of sp³-hybridized carbons (Fsp3) is 0. The van der Waals surface area contributed by atoms with Gasteiger partial charge in [0.15, 0.2) is 5.82 Å². The minimum Gasteiger partial charge on any atom is -0.228 e. The summed E-state index contributed by atoms with van der Waals surface area (Å²) in [6.45, 7) is 0. The molecule has 0 bridgehead atoms. The Morgan fingerprint density at radius 1 is 0.240 bits per heavy atom. The van der Waals surface area contributed by atoms with Gasteiger partial charge in [0.1, 0.15) is 0 Å². The summed E-state index contributed by atoms with van der Waals surface area (Å²) in [6.07, 6.45) is 0. The summed E-state index contributed by atoms with van der Waals surface area (Å²) >= 11 is 0. The molecule has 2 nitrogen and oxygen atoms in total. The van der Waals surface area contributed by atoms with Crippen molar-refractivity contribution in [1.29, 1.82) is 0 Å². The molecule has 0 atom stereocenters. The molecular formula is C48H32N2. The van der Waals surface area contributed by atoms with Gasteiger partial charge in [-0.05, 0) is 67.1 Å². The third kappa shape index (κ3) is 5.43.